The van der Waals surface area contributed by atoms with Gasteiger partial charge in [-0.2, -0.15) is 4.98 Å². The summed E-state index contributed by atoms with van der Waals surface area (Å²) >= 11 is 1.54. The highest BCUT2D eigenvalue weighted by molar-refractivity contribution is 7.99. The lowest BCUT2D eigenvalue weighted by atomic mass is 9.96. The lowest BCUT2D eigenvalue weighted by molar-refractivity contribution is 0.336. The van der Waals surface area contributed by atoms with Gasteiger partial charge in [0.05, 0.1) is 7.11 Å². The van der Waals surface area contributed by atoms with Crippen molar-refractivity contribution in [1.82, 2.24) is 14.7 Å². The molecule has 0 aliphatic carbocycles. The third-order valence-corrected chi connectivity index (χ3v) is 7.34. The van der Waals surface area contributed by atoms with Crippen LogP contribution >= 0.6 is 11.8 Å². The summed E-state index contributed by atoms with van der Waals surface area (Å²) in [7, 11) is 1.61. The normalized spacial score (nSPS) is 14.9. The largest absolute Gasteiger partial charge is 0.494 e. The number of benzene rings is 2. The number of rotatable bonds is 5. The molecule has 33 heavy (non-hydrogen) atoms. The van der Waals surface area contributed by atoms with Crippen molar-refractivity contribution in [2.45, 2.75) is 31.3 Å². The van der Waals surface area contributed by atoms with E-state index < -0.39 is 6.04 Å². The summed E-state index contributed by atoms with van der Waals surface area (Å²) in [5.41, 5.74) is 11.4. The van der Waals surface area contributed by atoms with E-state index in [4.69, 9.17) is 15.0 Å². The van der Waals surface area contributed by atoms with Crippen LogP contribution in [-0.4, -0.2) is 27.6 Å². The van der Waals surface area contributed by atoms with Gasteiger partial charge in [-0.05, 0) is 30.5 Å². The third-order valence-electron chi connectivity index (χ3n) is 6.20. The molecule has 168 valence electrons. The summed E-state index contributed by atoms with van der Waals surface area (Å²) in [6, 6.07) is 15.3. The second-order valence-corrected chi connectivity index (χ2v) is 9.10. The first-order valence-electron chi connectivity index (χ1n) is 10.7. The fourth-order valence-electron chi connectivity index (χ4n) is 4.20. The zero-order chi connectivity index (χ0) is 23.1. The molecule has 8 heteroatoms. The monoisotopic (exact) mass is 460 g/mol. The van der Waals surface area contributed by atoms with Crippen LogP contribution in [-0.2, 0) is 6.42 Å². The minimum atomic E-state index is -0.409. The van der Waals surface area contributed by atoms with Crippen molar-refractivity contribution >= 4 is 17.4 Å². The molecule has 2 aromatic carbocycles. The van der Waals surface area contributed by atoms with Crippen molar-refractivity contribution in [2.75, 3.05) is 18.6 Å². The van der Waals surface area contributed by atoms with E-state index in [1.54, 1.807) is 11.7 Å². The summed E-state index contributed by atoms with van der Waals surface area (Å²) in [4.78, 5) is 18.0. The zero-order valence-corrected chi connectivity index (χ0v) is 19.5. The summed E-state index contributed by atoms with van der Waals surface area (Å²) in [5, 5.41) is 4.85. The predicted molar refractivity (Wildman–Crippen MR) is 129 cm³/mol. The van der Waals surface area contributed by atoms with E-state index in [2.05, 4.69) is 36.1 Å². The van der Waals surface area contributed by atoms with Crippen molar-refractivity contribution < 1.29 is 9.26 Å². The van der Waals surface area contributed by atoms with Crippen molar-refractivity contribution in [3.8, 4) is 17.1 Å². The molecule has 7 nitrogen and oxygen atoms in total. The molecule has 1 unspecified atom stereocenters. The Labute approximate surface area is 195 Å². The minimum Gasteiger partial charge on any atom is -0.494 e. The first-order chi connectivity index (χ1) is 16.0. The van der Waals surface area contributed by atoms with Crippen LogP contribution < -0.4 is 16.0 Å². The van der Waals surface area contributed by atoms with Gasteiger partial charge in [0, 0.05) is 23.3 Å². The molecule has 5 rings (SSSR count). The number of aromatic nitrogens is 3. The molecule has 0 fully saturated rings. The maximum atomic E-state index is 13.4. The van der Waals surface area contributed by atoms with Gasteiger partial charge in [0.15, 0.2) is 5.75 Å². The van der Waals surface area contributed by atoms with Gasteiger partial charge in [-0.15, -0.1) is 11.8 Å². The van der Waals surface area contributed by atoms with Crippen LogP contribution in [0.4, 0.5) is 5.69 Å². The number of hydrogen-bond acceptors (Lipinski definition) is 7. The molecule has 0 spiro atoms. The Morgan fingerprint density at radius 3 is 2.73 bits per heavy atom. The van der Waals surface area contributed by atoms with E-state index in [1.165, 1.54) is 22.9 Å². The fraction of sp³-hybridized carbons (Fsp3) is 0.240. The van der Waals surface area contributed by atoms with Gasteiger partial charge in [-0.1, -0.05) is 53.7 Å². The van der Waals surface area contributed by atoms with Gasteiger partial charge in [0.2, 0.25) is 5.82 Å². The number of nitrogen functional groups attached to an aromatic ring is 1. The van der Waals surface area contributed by atoms with Crippen LogP contribution in [0.2, 0.25) is 0 Å². The van der Waals surface area contributed by atoms with E-state index in [1.807, 2.05) is 36.4 Å². The molecule has 3 heterocycles. The number of aryl methyl sites for hydroxylation is 1. The number of ether oxygens (including phenoxy) is 1. The highest BCUT2D eigenvalue weighted by Crippen LogP contribution is 2.44. The second-order valence-electron chi connectivity index (χ2n) is 8.09. The molecular formula is C25H24N4O3S. The number of methoxy groups -OCH3 is 1. The predicted octanol–water partition coefficient (Wildman–Crippen LogP) is 4.39. The van der Waals surface area contributed by atoms with Gasteiger partial charge < -0.3 is 15.0 Å². The highest BCUT2D eigenvalue weighted by atomic mass is 32.2. The maximum absolute atomic E-state index is 13.4. The SMILES string of the molecule is COc1c(Cc2cccc(C)c2C)c(N)c(=O)n2c1SCC2c1nc(-c2ccccc2)no1. The minimum absolute atomic E-state index is 0.187. The van der Waals surface area contributed by atoms with Gasteiger partial charge in [-0.25, -0.2) is 0 Å². The Bertz CT molecular complexity index is 1400. The summed E-state index contributed by atoms with van der Waals surface area (Å²) in [6.07, 6.45) is 0.523. The highest BCUT2D eigenvalue weighted by Gasteiger charge is 2.35. The fourth-order valence-corrected chi connectivity index (χ4v) is 5.49. The van der Waals surface area contributed by atoms with Crippen LogP contribution in [0.5, 0.6) is 5.75 Å². The van der Waals surface area contributed by atoms with Crippen LogP contribution in [0.25, 0.3) is 11.4 Å². The first kappa shape index (κ1) is 21.3. The molecule has 0 saturated heterocycles. The van der Waals surface area contributed by atoms with Gasteiger partial charge in [0.1, 0.15) is 16.8 Å². The lowest BCUT2D eigenvalue weighted by Gasteiger charge is -2.18. The standard InChI is InChI=1S/C25H24N4O3S/c1-14-8-7-11-17(15(14)2)12-18-20(26)24(30)29-19(13-33-25(29)21(18)31-3)23-27-22(28-32-23)16-9-5-4-6-10-16/h4-11,19H,12-13,26H2,1-3H3. The molecular weight excluding hydrogens is 436 g/mol. The maximum Gasteiger partial charge on any atom is 0.275 e. The van der Waals surface area contributed by atoms with Gasteiger partial charge >= 0.3 is 0 Å². The molecule has 0 radical (unpaired) electrons. The Kier molecular flexibility index (Phi) is 5.46. The molecule has 2 N–H and O–H groups in total. The van der Waals surface area contributed by atoms with Gasteiger partial charge in [0.25, 0.3) is 11.4 Å². The first-order valence-corrected chi connectivity index (χ1v) is 11.7. The van der Waals surface area contributed by atoms with Crippen LogP contribution in [0.1, 0.15) is 34.2 Å². The lowest BCUT2D eigenvalue weighted by Crippen LogP contribution is -2.28. The molecule has 0 bridgehead atoms. The average Bonchev–Trinajstić information content (AvgIpc) is 3.48. The number of fused-ring (bicyclic) bond motifs is 1. The van der Waals surface area contributed by atoms with Crippen LogP contribution in [0, 0.1) is 13.8 Å². The number of pyridine rings is 1. The Morgan fingerprint density at radius 2 is 1.97 bits per heavy atom. The average molecular weight is 461 g/mol. The van der Waals surface area contributed by atoms with E-state index in [0.29, 0.717) is 35.2 Å². The van der Waals surface area contributed by atoms with Crippen LogP contribution in [0.15, 0.2) is 62.9 Å². The Morgan fingerprint density at radius 1 is 1.18 bits per heavy atom. The van der Waals surface area contributed by atoms with Crippen molar-refractivity contribution in [3.05, 3.63) is 87.0 Å². The zero-order valence-electron chi connectivity index (χ0n) is 18.7. The Balaban J connectivity index is 1.58. The summed E-state index contributed by atoms with van der Waals surface area (Å²) in [6.45, 7) is 4.16. The summed E-state index contributed by atoms with van der Waals surface area (Å²) in [5.74, 6) is 2.08. The molecule has 2 aromatic heterocycles. The number of thioether (sulfide) groups is 1. The molecule has 0 saturated carbocycles. The van der Waals surface area contributed by atoms with Crippen LogP contribution in [0.3, 0.4) is 0 Å². The van der Waals surface area contributed by atoms with Crippen molar-refractivity contribution in [3.63, 3.8) is 0 Å². The number of nitrogens with two attached hydrogens (primary N) is 1. The second kappa shape index (κ2) is 8.44. The number of hydrogen-bond donors (Lipinski definition) is 1. The number of anilines is 1. The van der Waals surface area contributed by atoms with E-state index in [9.17, 15) is 4.79 Å². The topological polar surface area (TPSA) is 96.2 Å². The van der Waals surface area contributed by atoms with Crippen molar-refractivity contribution in [1.29, 1.82) is 0 Å². The molecule has 1 aliphatic heterocycles. The Hall–Kier alpha value is -3.52. The van der Waals surface area contributed by atoms with E-state index in [-0.39, 0.29) is 11.2 Å². The van der Waals surface area contributed by atoms with E-state index in [0.717, 1.165) is 16.2 Å². The molecule has 4 aromatic rings. The molecule has 1 atom stereocenters. The number of nitrogens with zero attached hydrogens (tertiary/aromatic N) is 3. The van der Waals surface area contributed by atoms with Gasteiger partial charge in [-0.3, -0.25) is 9.36 Å². The summed E-state index contributed by atoms with van der Waals surface area (Å²) < 4.78 is 13.0. The molecule has 1 aliphatic rings. The quantitative estimate of drug-likeness (QED) is 0.472. The van der Waals surface area contributed by atoms with Crippen molar-refractivity contribution in [2.24, 2.45) is 0 Å². The third kappa shape index (κ3) is 3.60. The van der Waals surface area contributed by atoms with E-state index >= 15 is 0 Å². The molecule has 0 amide bonds. The smallest absolute Gasteiger partial charge is 0.275 e.